The highest BCUT2D eigenvalue weighted by atomic mass is 16.6. The number of hydrogen-bond donors (Lipinski definition) is 2. The van der Waals surface area contributed by atoms with Gasteiger partial charge in [-0.25, -0.2) is 4.79 Å². The predicted octanol–water partition coefficient (Wildman–Crippen LogP) is 2.42. The number of nitrogens with one attached hydrogen (secondary N) is 1. The summed E-state index contributed by atoms with van der Waals surface area (Å²) in [6.07, 6.45) is 0. The molecule has 0 spiro atoms. The first-order chi connectivity index (χ1) is 11.6. The Bertz CT molecular complexity index is 802. The number of carbonyl (C=O) groups excluding carboxylic acids is 1. The lowest BCUT2D eigenvalue weighted by Crippen LogP contribution is -2.17. The smallest absolute Gasteiger partial charge is 0.335 e. The molecule has 0 radical (unpaired) electrons. The molecule has 0 saturated heterocycles. The largest absolute Gasteiger partial charge is 0.495 e. The number of amides is 1. The Labute approximate surface area is 137 Å². The van der Waals surface area contributed by atoms with E-state index in [4.69, 9.17) is 19.3 Å². The van der Waals surface area contributed by atoms with Crippen molar-refractivity contribution in [2.75, 3.05) is 25.6 Å². The average Bonchev–Trinajstić information content (AvgIpc) is 2.61. The van der Waals surface area contributed by atoms with Gasteiger partial charge >= 0.3 is 5.97 Å². The van der Waals surface area contributed by atoms with Gasteiger partial charge in [0, 0.05) is 5.56 Å². The molecule has 3 rings (SSSR count). The minimum atomic E-state index is -1.09. The number of carboxylic acid groups (broad SMARTS) is 1. The Morgan fingerprint density at radius 1 is 1.04 bits per heavy atom. The maximum atomic E-state index is 12.4. The summed E-state index contributed by atoms with van der Waals surface area (Å²) in [5.74, 6) is -0.0467. The second-order valence-electron chi connectivity index (χ2n) is 5.03. The summed E-state index contributed by atoms with van der Waals surface area (Å²) < 4.78 is 16.0. The van der Waals surface area contributed by atoms with Crippen molar-refractivity contribution < 1.29 is 28.9 Å². The number of rotatable bonds is 4. The van der Waals surface area contributed by atoms with Crippen LogP contribution in [0.15, 0.2) is 36.4 Å². The van der Waals surface area contributed by atoms with Crippen molar-refractivity contribution in [2.24, 2.45) is 0 Å². The van der Waals surface area contributed by atoms with Crippen molar-refractivity contribution in [1.29, 1.82) is 0 Å². The van der Waals surface area contributed by atoms with Gasteiger partial charge in [-0.05, 0) is 36.4 Å². The summed E-state index contributed by atoms with van der Waals surface area (Å²) in [7, 11) is 1.44. The van der Waals surface area contributed by atoms with Crippen molar-refractivity contribution in [3.63, 3.8) is 0 Å². The van der Waals surface area contributed by atoms with Crippen molar-refractivity contribution in [3.05, 3.63) is 47.5 Å². The first kappa shape index (κ1) is 15.7. The van der Waals surface area contributed by atoms with E-state index in [1.165, 1.54) is 25.3 Å². The van der Waals surface area contributed by atoms with Crippen molar-refractivity contribution in [3.8, 4) is 17.2 Å². The minimum Gasteiger partial charge on any atom is -0.495 e. The number of carbonyl (C=O) groups is 2. The van der Waals surface area contributed by atoms with Crippen molar-refractivity contribution >= 4 is 17.6 Å². The molecule has 0 bridgehead atoms. The van der Waals surface area contributed by atoms with E-state index in [9.17, 15) is 9.59 Å². The lowest BCUT2D eigenvalue weighted by Gasteiger charge is -2.19. The summed E-state index contributed by atoms with van der Waals surface area (Å²) in [5.41, 5.74) is 0.688. The van der Waals surface area contributed by atoms with Gasteiger partial charge in [0.15, 0.2) is 11.5 Å². The summed E-state index contributed by atoms with van der Waals surface area (Å²) in [4.78, 5) is 23.5. The molecular weight excluding hydrogens is 314 g/mol. The Morgan fingerprint density at radius 3 is 2.46 bits per heavy atom. The van der Waals surface area contributed by atoms with Gasteiger partial charge in [-0.2, -0.15) is 0 Å². The van der Waals surface area contributed by atoms with E-state index in [0.29, 0.717) is 36.0 Å². The number of methoxy groups -OCH3 is 1. The van der Waals surface area contributed by atoms with E-state index >= 15 is 0 Å². The van der Waals surface area contributed by atoms with E-state index < -0.39 is 11.9 Å². The van der Waals surface area contributed by atoms with Gasteiger partial charge < -0.3 is 24.6 Å². The average molecular weight is 329 g/mol. The number of benzene rings is 2. The molecule has 0 atom stereocenters. The molecule has 0 aromatic heterocycles. The van der Waals surface area contributed by atoms with Gasteiger partial charge in [0.05, 0.1) is 18.4 Å². The molecule has 0 fully saturated rings. The molecule has 7 nitrogen and oxygen atoms in total. The summed E-state index contributed by atoms with van der Waals surface area (Å²) in [6, 6.07) is 9.09. The van der Waals surface area contributed by atoms with Crippen LogP contribution < -0.4 is 19.5 Å². The third kappa shape index (κ3) is 3.10. The van der Waals surface area contributed by atoms with Gasteiger partial charge in [-0.3, -0.25) is 4.79 Å². The van der Waals surface area contributed by atoms with Gasteiger partial charge in [0.2, 0.25) is 0 Å². The van der Waals surface area contributed by atoms with E-state index in [2.05, 4.69) is 5.32 Å². The molecule has 2 aromatic carbocycles. The molecule has 1 heterocycles. The monoisotopic (exact) mass is 329 g/mol. The van der Waals surface area contributed by atoms with Crippen LogP contribution in [-0.2, 0) is 0 Å². The molecule has 0 saturated carbocycles. The van der Waals surface area contributed by atoms with Crippen LogP contribution in [-0.4, -0.2) is 37.3 Å². The zero-order chi connectivity index (χ0) is 17.1. The molecule has 24 heavy (non-hydrogen) atoms. The number of aromatic carboxylic acids is 1. The Balaban J connectivity index is 1.86. The van der Waals surface area contributed by atoms with Crippen LogP contribution in [0.5, 0.6) is 17.2 Å². The third-order valence-corrected chi connectivity index (χ3v) is 3.50. The molecule has 1 aliphatic rings. The molecule has 1 aliphatic heterocycles. The van der Waals surface area contributed by atoms with E-state index in [0.717, 1.165) is 0 Å². The first-order valence-electron chi connectivity index (χ1n) is 7.21. The van der Waals surface area contributed by atoms with Crippen LogP contribution in [0.4, 0.5) is 5.69 Å². The van der Waals surface area contributed by atoms with Crippen LogP contribution >= 0.6 is 0 Å². The molecule has 0 aliphatic carbocycles. The molecule has 1 amide bonds. The zero-order valence-corrected chi connectivity index (χ0v) is 12.9. The Morgan fingerprint density at radius 2 is 1.75 bits per heavy atom. The highest BCUT2D eigenvalue weighted by molar-refractivity contribution is 6.06. The van der Waals surface area contributed by atoms with Crippen molar-refractivity contribution in [1.82, 2.24) is 0 Å². The second-order valence-corrected chi connectivity index (χ2v) is 5.03. The van der Waals surface area contributed by atoms with E-state index in [1.807, 2.05) is 0 Å². The normalized spacial score (nSPS) is 12.4. The topological polar surface area (TPSA) is 94.1 Å². The quantitative estimate of drug-likeness (QED) is 0.894. The van der Waals surface area contributed by atoms with Crippen LogP contribution in [0.2, 0.25) is 0 Å². The molecular formula is C17H15NO6. The third-order valence-electron chi connectivity index (χ3n) is 3.50. The maximum absolute atomic E-state index is 12.4. The summed E-state index contributed by atoms with van der Waals surface area (Å²) in [6.45, 7) is 0.893. The molecule has 0 unspecified atom stereocenters. The standard InChI is InChI=1S/C17H15NO6/c1-22-13-4-3-11(17(20)21)8-12(13)18-16(19)10-2-5-14-15(9-10)24-7-6-23-14/h2-5,8-9H,6-7H2,1H3,(H,18,19)(H,20,21). The number of ether oxygens (including phenoxy) is 3. The van der Waals surface area contributed by atoms with Gasteiger partial charge in [0.25, 0.3) is 5.91 Å². The number of fused-ring (bicyclic) bond motifs is 1. The lowest BCUT2D eigenvalue weighted by atomic mass is 10.1. The van der Waals surface area contributed by atoms with Gasteiger partial charge in [-0.1, -0.05) is 0 Å². The molecule has 7 heteroatoms. The molecule has 124 valence electrons. The fourth-order valence-corrected chi connectivity index (χ4v) is 2.32. The zero-order valence-electron chi connectivity index (χ0n) is 12.9. The highest BCUT2D eigenvalue weighted by Crippen LogP contribution is 2.31. The Hall–Kier alpha value is -3.22. The highest BCUT2D eigenvalue weighted by Gasteiger charge is 2.17. The van der Waals surface area contributed by atoms with Crippen LogP contribution in [0, 0.1) is 0 Å². The summed E-state index contributed by atoms with van der Waals surface area (Å²) in [5, 5.41) is 11.7. The number of hydrogen-bond acceptors (Lipinski definition) is 5. The van der Waals surface area contributed by atoms with Crippen LogP contribution in [0.25, 0.3) is 0 Å². The summed E-state index contributed by atoms with van der Waals surface area (Å²) >= 11 is 0. The maximum Gasteiger partial charge on any atom is 0.335 e. The van der Waals surface area contributed by atoms with Gasteiger partial charge in [-0.15, -0.1) is 0 Å². The van der Waals surface area contributed by atoms with E-state index in [-0.39, 0.29) is 11.3 Å². The minimum absolute atomic E-state index is 0.0493. The lowest BCUT2D eigenvalue weighted by molar-refractivity contribution is 0.0696. The number of anilines is 1. The second kappa shape index (κ2) is 6.49. The fourth-order valence-electron chi connectivity index (χ4n) is 2.32. The van der Waals surface area contributed by atoms with Crippen LogP contribution in [0.1, 0.15) is 20.7 Å². The SMILES string of the molecule is COc1ccc(C(=O)O)cc1NC(=O)c1ccc2c(c1)OCCO2. The van der Waals surface area contributed by atoms with Crippen LogP contribution in [0.3, 0.4) is 0 Å². The predicted molar refractivity (Wildman–Crippen MR) is 85.3 cm³/mol. The first-order valence-corrected chi connectivity index (χ1v) is 7.21. The molecule has 2 N–H and O–H groups in total. The van der Waals surface area contributed by atoms with E-state index in [1.54, 1.807) is 18.2 Å². The fraction of sp³-hybridized carbons (Fsp3) is 0.176. The number of carboxylic acids is 1. The van der Waals surface area contributed by atoms with Crippen molar-refractivity contribution in [2.45, 2.75) is 0 Å². The molecule has 2 aromatic rings. The Kier molecular flexibility index (Phi) is 4.24. The van der Waals surface area contributed by atoms with Gasteiger partial charge in [0.1, 0.15) is 19.0 Å².